The van der Waals surface area contributed by atoms with Crippen LogP contribution in [0.15, 0.2) is 35.6 Å². The number of hydrogen-bond donors (Lipinski definition) is 2. The van der Waals surface area contributed by atoms with Gasteiger partial charge in [-0.1, -0.05) is 6.07 Å². The summed E-state index contributed by atoms with van der Waals surface area (Å²) in [4.78, 5) is 8.99. The van der Waals surface area contributed by atoms with Crippen LogP contribution in [0.2, 0.25) is 0 Å². The van der Waals surface area contributed by atoms with Crippen LogP contribution in [-0.2, 0) is 6.54 Å². The Labute approximate surface area is 130 Å². The molecule has 2 heterocycles. The summed E-state index contributed by atoms with van der Waals surface area (Å²) in [6, 6.07) is 5.96. The van der Waals surface area contributed by atoms with Crippen molar-refractivity contribution in [3.05, 3.63) is 36.3 Å². The van der Waals surface area contributed by atoms with Gasteiger partial charge in [0.25, 0.3) is 0 Å². The number of nitrogens with one attached hydrogen (secondary N) is 2. The Balaban J connectivity index is 0.00000180. The summed E-state index contributed by atoms with van der Waals surface area (Å²) in [7, 11) is 0. The van der Waals surface area contributed by atoms with Gasteiger partial charge >= 0.3 is 0 Å². The molecule has 6 heteroatoms. The molecule has 0 aliphatic heterocycles. The zero-order valence-corrected chi connectivity index (χ0v) is 13.6. The van der Waals surface area contributed by atoms with Crippen LogP contribution in [0.1, 0.15) is 19.5 Å². The number of aromatic nitrogens is 2. The maximum Gasteiger partial charge on any atom is 0.191 e. The van der Waals surface area contributed by atoms with Crippen molar-refractivity contribution in [3.63, 3.8) is 0 Å². The predicted molar refractivity (Wildman–Crippen MR) is 89.1 cm³/mol. The lowest BCUT2D eigenvalue weighted by molar-refractivity contribution is 0.835. The van der Waals surface area contributed by atoms with Gasteiger partial charge in [-0.15, -0.1) is 24.0 Å². The van der Waals surface area contributed by atoms with Crippen LogP contribution in [0.5, 0.6) is 0 Å². The number of fused-ring (bicyclic) bond motifs is 1. The van der Waals surface area contributed by atoms with Crippen LogP contribution < -0.4 is 10.6 Å². The Kier molecular flexibility index (Phi) is 6.61. The number of hydrogen-bond acceptors (Lipinski definition) is 2. The van der Waals surface area contributed by atoms with Crippen LogP contribution in [-0.4, -0.2) is 28.4 Å². The molecule has 2 aromatic rings. The summed E-state index contributed by atoms with van der Waals surface area (Å²) in [5.41, 5.74) is 1.92. The van der Waals surface area contributed by atoms with Crippen molar-refractivity contribution in [1.82, 2.24) is 20.0 Å². The summed E-state index contributed by atoms with van der Waals surface area (Å²) < 4.78 is 2.00. The molecule has 2 aromatic heterocycles. The monoisotopic (exact) mass is 373 g/mol. The molecule has 104 valence electrons. The van der Waals surface area contributed by atoms with Gasteiger partial charge in [0.2, 0.25) is 0 Å². The van der Waals surface area contributed by atoms with E-state index in [1.54, 1.807) is 0 Å². The van der Waals surface area contributed by atoms with Crippen LogP contribution >= 0.6 is 24.0 Å². The van der Waals surface area contributed by atoms with Gasteiger partial charge in [-0.25, -0.2) is 9.98 Å². The van der Waals surface area contributed by atoms with E-state index in [2.05, 4.69) is 34.5 Å². The van der Waals surface area contributed by atoms with Gasteiger partial charge in [0.1, 0.15) is 5.65 Å². The van der Waals surface area contributed by atoms with Crippen molar-refractivity contribution >= 4 is 35.6 Å². The van der Waals surface area contributed by atoms with Crippen molar-refractivity contribution < 1.29 is 0 Å². The van der Waals surface area contributed by atoms with Crippen LogP contribution in [0.25, 0.3) is 5.65 Å². The first-order valence-electron chi connectivity index (χ1n) is 6.28. The van der Waals surface area contributed by atoms with Crippen molar-refractivity contribution in [1.29, 1.82) is 0 Å². The third-order valence-corrected chi connectivity index (χ3v) is 2.50. The summed E-state index contributed by atoms with van der Waals surface area (Å²) >= 11 is 0. The number of aliphatic imine (C=N–C) groups is 1. The lowest BCUT2D eigenvalue weighted by atomic mass is 10.5. The van der Waals surface area contributed by atoms with Gasteiger partial charge in [0.05, 0.1) is 12.2 Å². The molecule has 2 N–H and O–H groups in total. The van der Waals surface area contributed by atoms with Crippen LogP contribution in [0, 0.1) is 0 Å². The fraction of sp³-hybridized carbons (Fsp3) is 0.385. The maximum atomic E-state index is 4.51. The first-order chi connectivity index (χ1) is 8.83. The Hall–Kier alpha value is -1.31. The Morgan fingerprint density at radius 3 is 2.63 bits per heavy atom. The second-order valence-electron chi connectivity index (χ2n) is 3.92. The second kappa shape index (κ2) is 7.98. The van der Waals surface area contributed by atoms with E-state index in [1.165, 1.54) is 0 Å². The van der Waals surface area contributed by atoms with Gasteiger partial charge in [0, 0.05) is 25.5 Å². The number of guanidine groups is 1. The normalized spacial score (nSPS) is 9.79. The third kappa shape index (κ3) is 4.38. The van der Waals surface area contributed by atoms with E-state index in [4.69, 9.17) is 0 Å². The number of rotatable bonds is 4. The number of halogens is 1. The zero-order chi connectivity index (χ0) is 12.8. The average molecular weight is 373 g/mol. The zero-order valence-electron chi connectivity index (χ0n) is 11.3. The van der Waals surface area contributed by atoms with Crippen molar-refractivity contribution in [2.45, 2.75) is 20.4 Å². The molecular weight excluding hydrogens is 353 g/mol. The standard InChI is InChI=1S/C13H19N5.HI/c1-3-14-13(15-4-2)16-9-11-10-18-8-6-5-7-12(18)17-11;/h5-8,10H,3-4,9H2,1-2H3,(H2,14,15,16);1H. The maximum absolute atomic E-state index is 4.51. The van der Waals surface area contributed by atoms with E-state index in [9.17, 15) is 0 Å². The lowest BCUT2D eigenvalue weighted by Gasteiger charge is -2.08. The van der Waals surface area contributed by atoms with Gasteiger partial charge in [0.15, 0.2) is 5.96 Å². The highest BCUT2D eigenvalue weighted by Crippen LogP contribution is 2.05. The molecule has 0 fully saturated rings. The fourth-order valence-corrected chi connectivity index (χ4v) is 1.73. The van der Waals surface area contributed by atoms with Crippen molar-refractivity contribution in [2.75, 3.05) is 13.1 Å². The number of pyridine rings is 1. The van der Waals surface area contributed by atoms with E-state index in [1.807, 2.05) is 35.0 Å². The Bertz CT molecular complexity index is 494. The Morgan fingerprint density at radius 2 is 2.00 bits per heavy atom. The van der Waals surface area contributed by atoms with Crippen LogP contribution in [0.4, 0.5) is 0 Å². The highest BCUT2D eigenvalue weighted by molar-refractivity contribution is 14.0. The molecule has 0 atom stereocenters. The highest BCUT2D eigenvalue weighted by Gasteiger charge is 2.00. The van der Waals surface area contributed by atoms with Crippen molar-refractivity contribution in [3.8, 4) is 0 Å². The minimum Gasteiger partial charge on any atom is -0.357 e. The quantitative estimate of drug-likeness (QED) is 0.490. The minimum absolute atomic E-state index is 0. The molecule has 0 unspecified atom stereocenters. The molecule has 0 amide bonds. The number of nitrogens with zero attached hydrogens (tertiary/aromatic N) is 3. The van der Waals surface area contributed by atoms with E-state index in [-0.39, 0.29) is 24.0 Å². The van der Waals surface area contributed by atoms with Gasteiger partial charge in [-0.3, -0.25) is 0 Å². The average Bonchev–Trinajstić information content (AvgIpc) is 2.79. The molecule has 2 rings (SSSR count). The SMILES string of the molecule is CCNC(=NCc1cn2ccccc2n1)NCC.I. The molecule has 0 aromatic carbocycles. The molecule has 19 heavy (non-hydrogen) atoms. The summed E-state index contributed by atoms with van der Waals surface area (Å²) in [5.74, 6) is 0.831. The smallest absolute Gasteiger partial charge is 0.191 e. The van der Waals surface area contributed by atoms with Gasteiger partial charge in [-0.2, -0.15) is 0 Å². The molecule has 0 aliphatic carbocycles. The molecular formula is C13H20IN5. The largest absolute Gasteiger partial charge is 0.357 e. The van der Waals surface area contributed by atoms with E-state index >= 15 is 0 Å². The topological polar surface area (TPSA) is 53.7 Å². The molecule has 0 spiro atoms. The lowest BCUT2D eigenvalue weighted by Crippen LogP contribution is -2.36. The molecule has 0 saturated carbocycles. The second-order valence-corrected chi connectivity index (χ2v) is 3.92. The Morgan fingerprint density at radius 1 is 1.26 bits per heavy atom. The fourth-order valence-electron chi connectivity index (χ4n) is 1.73. The van der Waals surface area contributed by atoms with E-state index < -0.39 is 0 Å². The minimum atomic E-state index is 0. The molecule has 0 saturated heterocycles. The molecule has 0 aliphatic rings. The summed E-state index contributed by atoms with van der Waals surface area (Å²) in [6.45, 7) is 6.40. The third-order valence-electron chi connectivity index (χ3n) is 2.50. The van der Waals surface area contributed by atoms with E-state index in [0.29, 0.717) is 6.54 Å². The van der Waals surface area contributed by atoms with Crippen molar-refractivity contribution in [2.24, 2.45) is 4.99 Å². The first-order valence-corrected chi connectivity index (χ1v) is 6.28. The van der Waals surface area contributed by atoms with Crippen LogP contribution in [0.3, 0.4) is 0 Å². The summed E-state index contributed by atoms with van der Waals surface area (Å²) in [5, 5.41) is 6.38. The first kappa shape index (κ1) is 15.7. The van der Waals surface area contributed by atoms with Gasteiger partial charge < -0.3 is 15.0 Å². The highest BCUT2D eigenvalue weighted by atomic mass is 127. The molecule has 5 nitrogen and oxygen atoms in total. The predicted octanol–water partition coefficient (Wildman–Crippen LogP) is 2.03. The van der Waals surface area contributed by atoms with E-state index in [0.717, 1.165) is 30.4 Å². The summed E-state index contributed by atoms with van der Waals surface area (Å²) in [6.07, 6.45) is 4.00. The van der Waals surface area contributed by atoms with Gasteiger partial charge in [-0.05, 0) is 26.0 Å². The number of imidazole rings is 1. The molecule has 0 radical (unpaired) electrons. The molecule has 0 bridgehead atoms.